The molecular formula is C12H20N2O. The number of benzene rings is 1. The van der Waals surface area contributed by atoms with Gasteiger partial charge in [-0.05, 0) is 17.5 Å². The van der Waals surface area contributed by atoms with Crippen LogP contribution in [-0.4, -0.2) is 13.7 Å². The summed E-state index contributed by atoms with van der Waals surface area (Å²) in [5.74, 6) is 1.30. The van der Waals surface area contributed by atoms with Crippen LogP contribution in [0.3, 0.4) is 0 Å². The van der Waals surface area contributed by atoms with Crippen molar-refractivity contribution < 1.29 is 4.74 Å². The summed E-state index contributed by atoms with van der Waals surface area (Å²) < 4.78 is 5.27. The molecule has 0 heterocycles. The summed E-state index contributed by atoms with van der Waals surface area (Å²) in [6.45, 7) is 4.73. The Hall–Kier alpha value is -1.06. The molecule has 1 aromatic rings. The van der Waals surface area contributed by atoms with Crippen molar-refractivity contribution in [3.8, 4) is 5.75 Å². The predicted molar refractivity (Wildman–Crippen MR) is 63.1 cm³/mol. The Bertz CT molecular complexity index is 323. The van der Waals surface area contributed by atoms with Crippen LogP contribution in [0.5, 0.6) is 5.75 Å². The maximum Gasteiger partial charge on any atom is 0.123 e. The van der Waals surface area contributed by atoms with Crippen molar-refractivity contribution in [3.63, 3.8) is 0 Å². The number of hydrogen-bond acceptors (Lipinski definition) is 3. The van der Waals surface area contributed by atoms with Gasteiger partial charge >= 0.3 is 0 Å². The maximum absolute atomic E-state index is 5.93. The van der Waals surface area contributed by atoms with Crippen LogP contribution < -0.4 is 16.2 Å². The SMILES string of the molecule is COc1ccc(C(C)C)cc1C(N)CN. The van der Waals surface area contributed by atoms with Crippen LogP contribution in [0.4, 0.5) is 0 Å². The van der Waals surface area contributed by atoms with E-state index in [4.69, 9.17) is 16.2 Å². The topological polar surface area (TPSA) is 61.3 Å². The van der Waals surface area contributed by atoms with Gasteiger partial charge in [-0.2, -0.15) is 0 Å². The fourth-order valence-electron chi connectivity index (χ4n) is 1.53. The molecule has 15 heavy (non-hydrogen) atoms. The van der Waals surface area contributed by atoms with Crippen LogP contribution in [0.15, 0.2) is 18.2 Å². The van der Waals surface area contributed by atoms with Gasteiger partial charge in [0.1, 0.15) is 5.75 Å². The van der Waals surface area contributed by atoms with E-state index in [2.05, 4.69) is 26.0 Å². The summed E-state index contributed by atoms with van der Waals surface area (Å²) in [5.41, 5.74) is 13.8. The fraction of sp³-hybridized carbons (Fsp3) is 0.500. The summed E-state index contributed by atoms with van der Waals surface area (Å²) >= 11 is 0. The number of rotatable bonds is 4. The Morgan fingerprint density at radius 2 is 2.00 bits per heavy atom. The lowest BCUT2D eigenvalue weighted by Crippen LogP contribution is -2.21. The van der Waals surface area contributed by atoms with Crippen molar-refractivity contribution in [2.45, 2.75) is 25.8 Å². The first-order valence-corrected chi connectivity index (χ1v) is 5.23. The Morgan fingerprint density at radius 3 is 2.47 bits per heavy atom. The highest BCUT2D eigenvalue weighted by Gasteiger charge is 2.12. The number of methoxy groups -OCH3 is 1. The van der Waals surface area contributed by atoms with Gasteiger partial charge in [-0.3, -0.25) is 0 Å². The molecule has 0 amide bonds. The monoisotopic (exact) mass is 208 g/mol. The molecule has 0 aromatic heterocycles. The molecule has 0 aliphatic rings. The summed E-state index contributed by atoms with van der Waals surface area (Å²) in [6, 6.07) is 5.95. The highest BCUT2D eigenvalue weighted by molar-refractivity contribution is 5.40. The highest BCUT2D eigenvalue weighted by atomic mass is 16.5. The lowest BCUT2D eigenvalue weighted by Gasteiger charge is -2.16. The third kappa shape index (κ3) is 2.70. The molecule has 0 fully saturated rings. The van der Waals surface area contributed by atoms with Crippen molar-refractivity contribution in [1.82, 2.24) is 0 Å². The van der Waals surface area contributed by atoms with E-state index < -0.39 is 0 Å². The van der Waals surface area contributed by atoms with Crippen LogP contribution in [0, 0.1) is 0 Å². The van der Waals surface area contributed by atoms with Gasteiger partial charge in [-0.1, -0.05) is 26.0 Å². The zero-order valence-electron chi connectivity index (χ0n) is 9.66. The Balaban J connectivity index is 3.13. The molecule has 84 valence electrons. The molecule has 0 saturated carbocycles. The number of hydrogen-bond donors (Lipinski definition) is 2. The second-order valence-electron chi connectivity index (χ2n) is 4.00. The zero-order valence-corrected chi connectivity index (χ0v) is 9.66. The van der Waals surface area contributed by atoms with Gasteiger partial charge in [0.2, 0.25) is 0 Å². The highest BCUT2D eigenvalue weighted by Crippen LogP contribution is 2.27. The van der Waals surface area contributed by atoms with Gasteiger partial charge in [0.15, 0.2) is 0 Å². The van der Waals surface area contributed by atoms with E-state index in [1.54, 1.807) is 7.11 Å². The smallest absolute Gasteiger partial charge is 0.123 e. The second kappa shape index (κ2) is 5.14. The quantitative estimate of drug-likeness (QED) is 0.792. The second-order valence-corrected chi connectivity index (χ2v) is 4.00. The van der Waals surface area contributed by atoms with Crippen LogP contribution in [0.25, 0.3) is 0 Å². The molecular weight excluding hydrogens is 188 g/mol. The first-order valence-electron chi connectivity index (χ1n) is 5.23. The van der Waals surface area contributed by atoms with E-state index >= 15 is 0 Å². The predicted octanol–water partition coefficient (Wildman–Crippen LogP) is 1.78. The average Bonchev–Trinajstić information content (AvgIpc) is 2.27. The van der Waals surface area contributed by atoms with Gasteiger partial charge in [0.05, 0.1) is 7.11 Å². The number of nitrogens with two attached hydrogens (primary N) is 2. The third-order valence-electron chi connectivity index (χ3n) is 2.57. The average molecular weight is 208 g/mol. The van der Waals surface area contributed by atoms with Crippen molar-refractivity contribution in [1.29, 1.82) is 0 Å². The van der Waals surface area contributed by atoms with Gasteiger partial charge in [0, 0.05) is 18.2 Å². The summed E-state index contributed by atoms with van der Waals surface area (Å²) in [6.07, 6.45) is 0. The van der Waals surface area contributed by atoms with Crippen molar-refractivity contribution in [2.75, 3.05) is 13.7 Å². The number of ether oxygens (including phenoxy) is 1. The van der Waals surface area contributed by atoms with Gasteiger partial charge in [-0.25, -0.2) is 0 Å². The molecule has 0 bridgehead atoms. The van der Waals surface area contributed by atoms with Crippen LogP contribution in [-0.2, 0) is 0 Å². The largest absolute Gasteiger partial charge is 0.496 e. The van der Waals surface area contributed by atoms with Gasteiger partial charge in [0.25, 0.3) is 0 Å². The first kappa shape index (κ1) is 12.0. The van der Waals surface area contributed by atoms with E-state index in [0.29, 0.717) is 12.5 Å². The standard InChI is InChI=1S/C12H20N2O/c1-8(2)9-4-5-12(15-3)10(6-9)11(14)7-13/h4-6,8,11H,7,13-14H2,1-3H3. The first-order chi connectivity index (χ1) is 7.10. The molecule has 4 N–H and O–H groups in total. The Labute approximate surface area is 91.4 Å². The minimum absolute atomic E-state index is 0.154. The van der Waals surface area contributed by atoms with E-state index in [-0.39, 0.29) is 6.04 Å². The van der Waals surface area contributed by atoms with Crippen LogP contribution >= 0.6 is 0 Å². The molecule has 3 nitrogen and oxygen atoms in total. The van der Waals surface area contributed by atoms with Crippen LogP contribution in [0.2, 0.25) is 0 Å². The van der Waals surface area contributed by atoms with E-state index in [0.717, 1.165) is 11.3 Å². The Morgan fingerprint density at radius 1 is 1.33 bits per heavy atom. The Kier molecular flexibility index (Phi) is 4.12. The fourth-order valence-corrected chi connectivity index (χ4v) is 1.53. The molecule has 1 unspecified atom stereocenters. The van der Waals surface area contributed by atoms with E-state index in [1.165, 1.54) is 5.56 Å². The minimum atomic E-state index is -0.154. The molecule has 0 aliphatic heterocycles. The minimum Gasteiger partial charge on any atom is -0.496 e. The summed E-state index contributed by atoms with van der Waals surface area (Å²) in [4.78, 5) is 0. The molecule has 0 saturated heterocycles. The summed E-state index contributed by atoms with van der Waals surface area (Å²) in [5, 5.41) is 0. The van der Waals surface area contributed by atoms with Crippen LogP contribution in [0.1, 0.15) is 36.9 Å². The molecule has 0 aliphatic carbocycles. The maximum atomic E-state index is 5.93. The lowest BCUT2D eigenvalue weighted by molar-refractivity contribution is 0.405. The van der Waals surface area contributed by atoms with Gasteiger partial charge < -0.3 is 16.2 Å². The van der Waals surface area contributed by atoms with Crippen molar-refractivity contribution in [2.24, 2.45) is 11.5 Å². The molecule has 1 rings (SSSR count). The molecule has 0 spiro atoms. The zero-order chi connectivity index (χ0) is 11.4. The van der Waals surface area contributed by atoms with E-state index in [1.807, 2.05) is 6.07 Å². The molecule has 3 heteroatoms. The molecule has 1 atom stereocenters. The van der Waals surface area contributed by atoms with Crippen molar-refractivity contribution in [3.05, 3.63) is 29.3 Å². The normalized spacial score (nSPS) is 12.9. The lowest BCUT2D eigenvalue weighted by atomic mass is 9.97. The van der Waals surface area contributed by atoms with E-state index in [9.17, 15) is 0 Å². The molecule has 1 aromatic carbocycles. The third-order valence-corrected chi connectivity index (χ3v) is 2.57. The summed E-state index contributed by atoms with van der Waals surface area (Å²) in [7, 11) is 1.65. The van der Waals surface area contributed by atoms with Gasteiger partial charge in [-0.15, -0.1) is 0 Å². The molecule has 0 radical (unpaired) electrons. The van der Waals surface area contributed by atoms with Crippen molar-refractivity contribution >= 4 is 0 Å².